The molecule has 94 valence electrons. The quantitative estimate of drug-likeness (QED) is 0.737. The normalized spacial score (nSPS) is 21.6. The van der Waals surface area contributed by atoms with Crippen LogP contribution in [-0.2, 0) is 9.47 Å². The Morgan fingerprint density at radius 3 is 3.00 bits per heavy atom. The maximum Gasteiger partial charge on any atom is 0.0922 e. The van der Waals surface area contributed by atoms with Gasteiger partial charge in [0.1, 0.15) is 0 Å². The molecule has 2 nitrogen and oxygen atoms in total. The van der Waals surface area contributed by atoms with E-state index >= 15 is 0 Å². The van der Waals surface area contributed by atoms with Crippen molar-refractivity contribution < 1.29 is 9.47 Å². The molecule has 0 aromatic heterocycles. The highest BCUT2D eigenvalue weighted by molar-refractivity contribution is 9.10. The van der Waals surface area contributed by atoms with Crippen molar-refractivity contribution in [3.05, 3.63) is 34.3 Å². The van der Waals surface area contributed by atoms with E-state index in [2.05, 4.69) is 44.0 Å². The van der Waals surface area contributed by atoms with Crippen molar-refractivity contribution in [2.24, 2.45) is 5.92 Å². The van der Waals surface area contributed by atoms with Crippen LogP contribution >= 0.6 is 31.9 Å². The highest BCUT2D eigenvalue weighted by Crippen LogP contribution is 2.24. The summed E-state index contributed by atoms with van der Waals surface area (Å²) in [6.07, 6.45) is 1.24. The fourth-order valence-corrected chi connectivity index (χ4v) is 2.88. The van der Waals surface area contributed by atoms with E-state index in [1.54, 1.807) is 0 Å². The van der Waals surface area contributed by atoms with E-state index in [9.17, 15) is 0 Å². The molecule has 17 heavy (non-hydrogen) atoms. The number of ether oxygens (including phenoxy) is 2. The minimum absolute atomic E-state index is 0.119. The van der Waals surface area contributed by atoms with Gasteiger partial charge in [0.25, 0.3) is 0 Å². The third-order valence-electron chi connectivity index (χ3n) is 2.92. The summed E-state index contributed by atoms with van der Waals surface area (Å²) in [4.78, 5) is 0. The van der Waals surface area contributed by atoms with Gasteiger partial charge in [0.15, 0.2) is 0 Å². The number of hydrogen-bond donors (Lipinski definition) is 0. The second-order valence-corrected chi connectivity index (χ2v) is 5.82. The van der Waals surface area contributed by atoms with Gasteiger partial charge in [-0.25, -0.2) is 0 Å². The molecule has 0 N–H and O–H groups in total. The fourth-order valence-electron chi connectivity index (χ4n) is 1.90. The van der Waals surface area contributed by atoms with Gasteiger partial charge in [0, 0.05) is 22.3 Å². The number of hydrogen-bond acceptors (Lipinski definition) is 2. The predicted molar refractivity (Wildman–Crippen MR) is 75.6 cm³/mol. The highest BCUT2D eigenvalue weighted by Gasteiger charge is 2.18. The monoisotopic (exact) mass is 362 g/mol. The van der Waals surface area contributed by atoms with Gasteiger partial charge in [0.2, 0.25) is 0 Å². The lowest BCUT2D eigenvalue weighted by Crippen LogP contribution is -2.14. The summed E-state index contributed by atoms with van der Waals surface area (Å²) in [5, 5.41) is 0.816. The zero-order valence-electron chi connectivity index (χ0n) is 9.57. The van der Waals surface area contributed by atoms with Crippen molar-refractivity contribution in [3.63, 3.8) is 0 Å². The van der Waals surface area contributed by atoms with Crippen LogP contribution in [0, 0.1) is 5.92 Å². The molecule has 2 atom stereocenters. The lowest BCUT2D eigenvalue weighted by molar-refractivity contribution is 0.0392. The highest BCUT2D eigenvalue weighted by atomic mass is 79.9. The summed E-state index contributed by atoms with van der Waals surface area (Å²) < 4.78 is 12.4. The third-order valence-corrected chi connectivity index (χ3v) is 4.00. The molecule has 2 unspecified atom stereocenters. The summed E-state index contributed by atoms with van der Waals surface area (Å²) in [6.45, 7) is 2.50. The first-order valence-corrected chi connectivity index (χ1v) is 7.72. The van der Waals surface area contributed by atoms with Crippen molar-refractivity contribution in [2.45, 2.75) is 12.5 Å². The second-order valence-electron chi connectivity index (χ2n) is 4.26. The molecule has 0 amide bonds. The second kappa shape index (κ2) is 6.88. The molecule has 1 aromatic carbocycles. The van der Waals surface area contributed by atoms with Crippen molar-refractivity contribution in [1.82, 2.24) is 0 Å². The van der Waals surface area contributed by atoms with Crippen LogP contribution in [0.4, 0.5) is 0 Å². The Morgan fingerprint density at radius 2 is 2.35 bits per heavy atom. The zero-order valence-corrected chi connectivity index (χ0v) is 12.7. The maximum absolute atomic E-state index is 5.97. The average molecular weight is 364 g/mol. The Hall–Kier alpha value is 0.100. The fraction of sp³-hybridized carbons (Fsp3) is 0.538. The van der Waals surface area contributed by atoms with Crippen LogP contribution in [0.15, 0.2) is 28.7 Å². The smallest absolute Gasteiger partial charge is 0.0922 e. The van der Waals surface area contributed by atoms with Crippen LogP contribution in [0.25, 0.3) is 0 Å². The van der Waals surface area contributed by atoms with Gasteiger partial charge < -0.3 is 9.47 Å². The average Bonchev–Trinajstić information content (AvgIpc) is 2.83. The van der Waals surface area contributed by atoms with E-state index in [-0.39, 0.29) is 6.10 Å². The zero-order chi connectivity index (χ0) is 12.1. The van der Waals surface area contributed by atoms with Gasteiger partial charge >= 0.3 is 0 Å². The van der Waals surface area contributed by atoms with Crippen molar-refractivity contribution in [2.75, 3.05) is 25.2 Å². The molecule has 1 aliphatic heterocycles. The minimum atomic E-state index is 0.119. The summed E-state index contributed by atoms with van der Waals surface area (Å²) in [5.41, 5.74) is 1.20. The summed E-state index contributed by atoms with van der Waals surface area (Å²) in [6, 6.07) is 8.27. The van der Waals surface area contributed by atoms with E-state index < -0.39 is 0 Å². The van der Waals surface area contributed by atoms with E-state index in [1.165, 1.54) is 5.56 Å². The SMILES string of the molecule is BrCC(OCC1CCOC1)c1cccc(Br)c1. The molecule has 0 radical (unpaired) electrons. The topological polar surface area (TPSA) is 18.5 Å². The number of halogens is 2. The summed E-state index contributed by atoms with van der Waals surface area (Å²) >= 11 is 7.00. The van der Waals surface area contributed by atoms with Crippen LogP contribution in [-0.4, -0.2) is 25.2 Å². The molecule has 1 heterocycles. The number of benzene rings is 1. The molecule has 0 saturated carbocycles. The van der Waals surface area contributed by atoms with Gasteiger partial charge in [-0.3, -0.25) is 0 Å². The largest absolute Gasteiger partial charge is 0.381 e. The number of rotatable bonds is 5. The van der Waals surface area contributed by atoms with Crippen LogP contribution in [0.5, 0.6) is 0 Å². The Bertz CT molecular complexity index is 351. The van der Waals surface area contributed by atoms with E-state index in [4.69, 9.17) is 9.47 Å². The van der Waals surface area contributed by atoms with E-state index in [0.29, 0.717) is 5.92 Å². The molecule has 1 fully saturated rings. The lowest BCUT2D eigenvalue weighted by Gasteiger charge is -2.18. The Labute approximate surface area is 119 Å². The van der Waals surface area contributed by atoms with Gasteiger partial charge in [-0.2, -0.15) is 0 Å². The molecule has 4 heteroatoms. The molecular formula is C13H16Br2O2. The summed E-state index contributed by atoms with van der Waals surface area (Å²) in [5.74, 6) is 0.559. The van der Waals surface area contributed by atoms with Crippen molar-refractivity contribution >= 4 is 31.9 Å². The van der Waals surface area contributed by atoms with Crippen molar-refractivity contribution in [3.8, 4) is 0 Å². The molecule has 0 bridgehead atoms. The van der Waals surface area contributed by atoms with E-state index in [1.807, 2.05) is 12.1 Å². The molecule has 1 aromatic rings. The maximum atomic E-state index is 5.97. The molecule has 0 aliphatic carbocycles. The first-order valence-electron chi connectivity index (χ1n) is 5.80. The first kappa shape index (κ1) is 13.5. The molecular weight excluding hydrogens is 348 g/mol. The lowest BCUT2D eigenvalue weighted by atomic mass is 10.1. The number of alkyl halides is 1. The Morgan fingerprint density at radius 1 is 1.47 bits per heavy atom. The minimum Gasteiger partial charge on any atom is -0.381 e. The van der Waals surface area contributed by atoms with Gasteiger partial charge in [-0.15, -0.1) is 0 Å². The van der Waals surface area contributed by atoms with Crippen LogP contribution < -0.4 is 0 Å². The van der Waals surface area contributed by atoms with Crippen LogP contribution in [0.3, 0.4) is 0 Å². The van der Waals surface area contributed by atoms with Gasteiger partial charge in [-0.05, 0) is 24.1 Å². The summed E-state index contributed by atoms with van der Waals surface area (Å²) in [7, 11) is 0. The molecule has 2 rings (SSSR count). The predicted octanol–water partition coefficient (Wildman–Crippen LogP) is 3.94. The Kier molecular flexibility index (Phi) is 5.48. The van der Waals surface area contributed by atoms with Crippen LogP contribution in [0.2, 0.25) is 0 Å². The molecule has 1 saturated heterocycles. The molecule has 0 spiro atoms. The van der Waals surface area contributed by atoms with E-state index in [0.717, 1.165) is 36.0 Å². The first-order chi connectivity index (χ1) is 8.29. The van der Waals surface area contributed by atoms with Crippen molar-refractivity contribution in [1.29, 1.82) is 0 Å². The van der Waals surface area contributed by atoms with Gasteiger partial charge in [0.05, 0.1) is 19.3 Å². The Balaban J connectivity index is 1.91. The standard InChI is InChI=1S/C13H16Br2O2/c14-7-13(11-2-1-3-12(15)6-11)17-9-10-4-5-16-8-10/h1-3,6,10,13H,4-5,7-9H2. The van der Waals surface area contributed by atoms with Crippen LogP contribution in [0.1, 0.15) is 18.1 Å². The van der Waals surface area contributed by atoms with Gasteiger partial charge in [-0.1, -0.05) is 44.0 Å². The molecule has 1 aliphatic rings. The third kappa shape index (κ3) is 4.05.